The Morgan fingerprint density at radius 2 is 2.18 bits per heavy atom. The summed E-state index contributed by atoms with van der Waals surface area (Å²) in [6.45, 7) is 6.48. The number of hydrogen-bond acceptors (Lipinski definition) is 5. The second-order valence-electron chi connectivity index (χ2n) is 4.14. The standard InChI is InChI=1S/C12H19N3O2/c16-12-2-1-11(14-10-12)9-13-3-4-15-5-7-17-8-6-15/h1-2,10,13,16H,3-9H2. The van der Waals surface area contributed by atoms with Gasteiger partial charge in [0.25, 0.3) is 0 Å². The van der Waals surface area contributed by atoms with Crippen molar-refractivity contribution in [2.24, 2.45) is 0 Å². The molecule has 0 bridgehead atoms. The smallest absolute Gasteiger partial charge is 0.133 e. The lowest BCUT2D eigenvalue weighted by Gasteiger charge is -2.26. The molecule has 0 saturated carbocycles. The van der Waals surface area contributed by atoms with Crippen LogP contribution in [0.25, 0.3) is 0 Å². The van der Waals surface area contributed by atoms with E-state index in [2.05, 4.69) is 15.2 Å². The summed E-state index contributed by atoms with van der Waals surface area (Å²) in [4.78, 5) is 6.51. The maximum Gasteiger partial charge on any atom is 0.133 e. The van der Waals surface area contributed by atoms with Gasteiger partial charge in [0.2, 0.25) is 0 Å². The van der Waals surface area contributed by atoms with Crippen LogP contribution in [0.2, 0.25) is 0 Å². The van der Waals surface area contributed by atoms with Gasteiger partial charge in [0.1, 0.15) is 5.75 Å². The van der Waals surface area contributed by atoms with Crippen molar-refractivity contribution in [1.29, 1.82) is 0 Å². The first-order chi connectivity index (χ1) is 8.34. The third kappa shape index (κ3) is 4.30. The third-order valence-corrected chi connectivity index (χ3v) is 2.82. The molecule has 0 amide bonds. The van der Waals surface area contributed by atoms with Gasteiger partial charge >= 0.3 is 0 Å². The van der Waals surface area contributed by atoms with Crippen molar-refractivity contribution in [2.75, 3.05) is 39.4 Å². The molecule has 1 aromatic rings. The Hall–Kier alpha value is -1.17. The SMILES string of the molecule is Oc1ccc(CNCCN2CCOCC2)nc1. The molecule has 2 heterocycles. The number of nitrogens with zero attached hydrogens (tertiary/aromatic N) is 2. The first kappa shape index (κ1) is 12.3. The number of aromatic nitrogens is 1. The summed E-state index contributed by atoms with van der Waals surface area (Å²) >= 11 is 0. The van der Waals surface area contributed by atoms with Gasteiger partial charge in [-0.1, -0.05) is 0 Å². The minimum Gasteiger partial charge on any atom is -0.506 e. The lowest BCUT2D eigenvalue weighted by molar-refractivity contribution is 0.0384. The molecule has 2 N–H and O–H groups in total. The van der Waals surface area contributed by atoms with E-state index >= 15 is 0 Å². The van der Waals surface area contributed by atoms with Gasteiger partial charge in [-0.25, -0.2) is 0 Å². The quantitative estimate of drug-likeness (QED) is 0.717. The molecule has 0 aliphatic carbocycles. The van der Waals surface area contributed by atoms with Crippen molar-refractivity contribution in [1.82, 2.24) is 15.2 Å². The predicted octanol–water partition coefficient (Wildman–Crippen LogP) is 0.209. The summed E-state index contributed by atoms with van der Waals surface area (Å²) in [7, 11) is 0. The summed E-state index contributed by atoms with van der Waals surface area (Å²) < 4.78 is 5.29. The molecule has 1 saturated heterocycles. The molecule has 5 nitrogen and oxygen atoms in total. The maximum absolute atomic E-state index is 9.10. The Balaban J connectivity index is 1.60. The van der Waals surface area contributed by atoms with Gasteiger partial charge in [0.05, 0.1) is 25.1 Å². The number of hydrogen-bond donors (Lipinski definition) is 2. The predicted molar refractivity (Wildman–Crippen MR) is 64.9 cm³/mol. The minimum atomic E-state index is 0.210. The average molecular weight is 237 g/mol. The van der Waals surface area contributed by atoms with E-state index in [0.29, 0.717) is 0 Å². The number of rotatable bonds is 5. The fraction of sp³-hybridized carbons (Fsp3) is 0.583. The van der Waals surface area contributed by atoms with E-state index in [1.54, 1.807) is 6.07 Å². The molecular formula is C12H19N3O2. The van der Waals surface area contributed by atoms with E-state index in [1.807, 2.05) is 6.07 Å². The number of morpholine rings is 1. The molecule has 17 heavy (non-hydrogen) atoms. The molecule has 0 spiro atoms. The fourth-order valence-corrected chi connectivity index (χ4v) is 1.80. The number of aromatic hydroxyl groups is 1. The van der Waals surface area contributed by atoms with Crippen LogP contribution in [0, 0.1) is 0 Å². The maximum atomic E-state index is 9.10. The lowest BCUT2D eigenvalue weighted by atomic mass is 10.3. The van der Waals surface area contributed by atoms with Crippen LogP contribution in [0.4, 0.5) is 0 Å². The Bertz CT molecular complexity index is 323. The summed E-state index contributed by atoms with van der Waals surface area (Å²) in [5.41, 5.74) is 0.949. The zero-order valence-electron chi connectivity index (χ0n) is 9.93. The van der Waals surface area contributed by atoms with Crippen LogP contribution in [0.5, 0.6) is 5.75 Å². The Kier molecular flexibility index (Phi) is 4.73. The van der Waals surface area contributed by atoms with E-state index in [9.17, 15) is 0 Å². The van der Waals surface area contributed by atoms with Crippen LogP contribution >= 0.6 is 0 Å². The van der Waals surface area contributed by atoms with Gasteiger partial charge in [-0.15, -0.1) is 0 Å². The monoisotopic (exact) mass is 237 g/mol. The van der Waals surface area contributed by atoms with Gasteiger partial charge in [-0.05, 0) is 12.1 Å². The largest absolute Gasteiger partial charge is 0.506 e. The highest BCUT2D eigenvalue weighted by atomic mass is 16.5. The first-order valence-electron chi connectivity index (χ1n) is 5.99. The number of ether oxygens (including phenoxy) is 1. The Morgan fingerprint density at radius 1 is 1.35 bits per heavy atom. The second-order valence-corrected chi connectivity index (χ2v) is 4.14. The summed E-state index contributed by atoms with van der Waals surface area (Å²) in [6, 6.07) is 3.49. The van der Waals surface area contributed by atoms with Crippen LogP contribution in [0.15, 0.2) is 18.3 Å². The highest BCUT2D eigenvalue weighted by Gasteiger charge is 2.08. The van der Waals surface area contributed by atoms with Crippen LogP contribution < -0.4 is 5.32 Å². The fourth-order valence-electron chi connectivity index (χ4n) is 1.80. The molecule has 1 fully saturated rings. The molecule has 0 atom stereocenters. The second kappa shape index (κ2) is 6.54. The van der Waals surface area contributed by atoms with Crippen molar-refractivity contribution < 1.29 is 9.84 Å². The average Bonchev–Trinajstić information content (AvgIpc) is 2.38. The van der Waals surface area contributed by atoms with Crippen molar-refractivity contribution >= 4 is 0 Å². The van der Waals surface area contributed by atoms with Crippen molar-refractivity contribution in [2.45, 2.75) is 6.54 Å². The van der Waals surface area contributed by atoms with E-state index in [1.165, 1.54) is 6.20 Å². The van der Waals surface area contributed by atoms with Crippen molar-refractivity contribution in [3.8, 4) is 5.75 Å². The number of nitrogens with one attached hydrogen (secondary N) is 1. The number of pyridine rings is 1. The molecule has 1 aromatic heterocycles. The summed E-state index contributed by atoms with van der Waals surface area (Å²) in [6.07, 6.45) is 1.47. The van der Waals surface area contributed by atoms with Gasteiger partial charge in [-0.2, -0.15) is 0 Å². The third-order valence-electron chi connectivity index (χ3n) is 2.82. The molecule has 1 aliphatic heterocycles. The molecule has 2 rings (SSSR count). The zero-order valence-corrected chi connectivity index (χ0v) is 9.93. The summed E-state index contributed by atoms with van der Waals surface area (Å²) in [5, 5.41) is 12.4. The van der Waals surface area contributed by atoms with E-state index in [0.717, 1.165) is 51.6 Å². The Morgan fingerprint density at radius 3 is 2.88 bits per heavy atom. The van der Waals surface area contributed by atoms with Gasteiger partial charge < -0.3 is 15.2 Å². The van der Waals surface area contributed by atoms with E-state index < -0.39 is 0 Å². The van der Waals surface area contributed by atoms with E-state index in [4.69, 9.17) is 9.84 Å². The van der Waals surface area contributed by atoms with Crippen LogP contribution in [-0.2, 0) is 11.3 Å². The van der Waals surface area contributed by atoms with E-state index in [-0.39, 0.29) is 5.75 Å². The molecule has 5 heteroatoms. The highest BCUT2D eigenvalue weighted by Crippen LogP contribution is 2.05. The first-order valence-corrected chi connectivity index (χ1v) is 5.99. The topological polar surface area (TPSA) is 57.6 Å². The lowest BCUT2D eigenvalue weighted by Crippen LogP contribution is -2.40. The van der Waals surface area contributed by atoms with Gasteiger partial charge in [-0.3, -0.25) is 9.88 Å². The van der Waals surface area contributed by atoms with Crippen LogP contribution in [-0.4, -0.2) is 54.4 Å². The van der Waals surface area contributed by atoms with Crippen molar-refractivity contribution in [3.63, 3.8) is 0 Å². The molecule has 0 unspecified atom stereocenters. The van der Waals surface area contributed by atoms with Crippen molar-refractivity contribution in [3.05, 3.63) is 24.0 Å². The molecule has 1 aliphatic rings. The Labute approximate surface area is 101 Å². The minimum absolute atomic E-state index is 0.210. The zero-order chi connectivity index (χ0) is 11.9. The highest BCUT2D eigenvalue weighted by molar-refractivity contribution is 5.17. The van der Waals surface area contributed by atoms with Gasteiger partial charge in [0.15, 0.2) is 0 Å². The normalized spacial score (nSPS) is 17.2. The summed E-state index contributed by atoms with van der Waals surface area (Å²) in [5.74, 6) is 0.210. The molecular weight excluding hydrogens is 218 g/mol. The van der Waals surface area contributed by atoms with Crippen LogP contribution in [0.3, 0.4) is 0 Å². The molecule has 0 aromatic carbocycles. The molecule has 94 valence electrons. The van der Waals surface area contributed by atoms with Gasteiger partial charge in [0, 0.05) is 32.7 Å². The molecule has 0 radical (unpaired) electrons. The van der Waals surface area contributed by atoms with Crippen LogP contribution in [0.1, 0.15) is 5.69 Å².